The zero-order valence-electron chi connectivity index (χ0n) is 10.4. The quantitative estimate of drug-likeness (QED) is 0.905. The molecular weight excluding hydrogens is 309 g/mol. The predicted molar refractivity (Wildman–Crippen MR) is 71.6 cm³/mol. The molecule has 1 aromatic carbocycles. The zero-order chi connectivity index (χ0) is 14.9. The molecule has 0 saturated carbocycles. The minimum absolute atomic E-state index is 0.300. The Bertz CT molecular complexity index is 690. The van der Waals surface area contributed by atoms with E-state index >= 15 is 0 Å². The normalized spacial score (nSPS) is 15.2. The van der Waals surface area contributed by atoms with Gasteiger partial charge in [-0.2, -0.15) is 5.10 Å². The number of hydrogen-bond donors (Lipinski definition) is 1. The molecule has 20 heavy (non-hydrogen) atoms. The molecule has 0 unspecified atom stereocenters. The Kier molecular flexibility index (Phi) is 3.96. The van der Waals surface area contributed by atoms with Gasteiger partial charge in [-0.15, -0.1) is 0 Å². The first-order chi connectivity index (χ1) is 9.29. The van der Waals surface area contributed by atoms with Crippen molar-refractivity contribution in [3.05, 3.63) is 29.0 Å². The van der Waals surface area contributed by atoms with E-state index in [2.05, 4.69) is 5.10 Å². The van der Waals surface area contributed by atoms with Crippen molar-refractivity contribution in [3.8, 4) is 0 Å². The van der Waals surface area contributed by atoms with Gasteiger partial charge in [0.15, 0.2) is 0 Å². The molecule has 0 aromatic heterocycles. The number of nitrogens with zero attached hydrogens (tertiary/aromatic N) is 2. The molecular formula is C11H11ClFN3O3S. The molecule has 1 aromatic rings. The maximum absolute atomic E-state index is 12.9. The number of benzene rings is 1. The van der Waals surface area contributed by atoms with Crippen molar-refractivity contribution < 1.29 is 17.6 Å². The molecule has 1 N–H and O–H groups in total. The second-order valence-electron chi connectivity index (χ2n) is 4.19. The Labute approximate surface area is 120 Å². The van der Waals surface area contributed by atoms with Crippen LogP contribution in [0.25, 0.3) is 0 Å². The van der Waals surface area contributed by atoms with Crippen LogP contribution in [0.3, 0.4) is 0 Å². The van der Waals surface area contributed by atoms with Gasteiger partial charge in [-0.05, 0) is 25.1 Å². The van der Waals surface area contributed by atoms with Crippen molar-refractivity contribution in [2.24, 2.45) is 5.10 Å². The topological polar surface area (TPSA) is 78.8 Å². The number of sulfonamides is 1. The molecule has 0 spiro atoms. The first kappa shape index (κ1) is 14.7. The maximum atomic E-state index is 12.9. The highest BCUT2D eigenvalue weighted by molar-refractivity contribution is 7.90. The summed E-state index contributed by atoms with van der Waals surface area (Å²) in [4.78, 5) is 11.4. The molecule has 1 aliphatic rings. The van der Waals surface area contributed by atoms with Crippen molar-refractivity contribution in [2.45, 2.75) is 18.2 Å². The molecule has 0 atom stereocenters. The minimum atomic E-state index is -4.17. The average molecular weight is 320 g/mol. The monoisotopic (exact) mass is 319 g/mol. The third-order valence-electron chi connectivity index (χ3n) is 2.62. The molecule has 0 bridgehead atoms. The second-order valence-corrected chi connectivity index (χ2v) is 6.25. The number of carbonyl (C=O) groups excluding carboxylic acids is 1. The van der Waals surface area contributed by atoms with E-state index in [9.17, 15) is 17.6 Å². The summed E-state index contributed by atoms with van der Waals surface area (Å²) in [7, 11) is -4.17. The largest absolute Gasteiger partial charge is 0.351 e. The average Bonchev–Trinajstić information content (AvgIpc) is 2.74. The molecule has 108 valence electrons. The van der Waals surface area contributed by atoms with E-state index < -0.39 is 21.9 Å². The lowest BCUT2D eigenvalue weighted by atomic mass is 10.3. The molecule has 0 aliphatic carbocycles. The number of amides is 2. The summed E-state index contributed by atoms with van der Waals surface area (Å²) < 4.78 is 38.7. The Hall–Kier alpha value is -1.67. The molecule has 0 saturated heterocycles. The fraction of sp³-hybridized carbons (Fsp3) is 0.273. The summed E-state index contributed by atoms with van der Waals surface area (Å²) in [6, 6.07) is 1.93. The molecule has 1 aliphatic heterocycles. The molecule has 2 rings (SSSR count). The van der Waals surface area contributed by atoms with Gasteiger partial charge in [0.1, 0.15) is 10.7 Å². The van der Waals surface area contributed by atoms with Crippen LogP contribution in [0, 0.1) is 5.82 Å². The van der Waals surface area contributed by atoms with Crippen LogP contribution in [0.2, 0.25) is 5.02 Å². The smallest absolute Gasteiger partial charge is 0.246 e. The summed E-state index contributed by atoms with van der Waals surface area (Å²) in [6.07, 6.45) is 0.588. The standard InChI is InChI=1S/C11H11ClFN3O3S/c1-7-4-5-16(14-7)11(17)15-20(18,19)10-3-2-8(13)6-9(10)12/h2-3,6H,4-5H2,1H3,(H,15,17). The van der Waals surface area contributed by atoms with Gasteiger partial charge >= 0.3 is 6.03 Å². The first-order valence-electron chi connectivity index (χ1n) is 5.63. The fourth-order valence-corrected chi connectivity index (χ4v) is 3.12. The number of halogens is 2. The molecule has 0 fully saturated rings. The summed E-state index contributed by atoms with van der Waals surface area (Å²) in [5, 5.41) is 4.60. The Balaban J connectivity index is 2.21. The highest BCUT2D eigenvalue weighted by Gasteiger charge is 2.26. The SMILES string of the molecule is CC1=NN(C(=O)NS(=O)(=O)c2ccc(F)cc2Cl)CC1. The molecule has 2 amide bonds. The highest BCUT2D eigenvalue weighted by atomic mass is 35.5. The number of rotatable bonds is 2. The van der Waals surface area contributed by atoms with E-state index in [-0.39, 0.29) is 9.92 Å². The summed E-state index contributed by atoms with van der Waals surface area (Å²) in [6.45, 7) is 2.04. The van der Waals surface area contributed by atoms with E-state index in [0.717, 1.165) is 28.9 Å². The lowest BCUT2D eigenvalue weighted by molar-refractivity contribution is 0.211. The Morgan fingerprint density at radius 3 is 2.75 bits per heavy atom. The maximum Gasteiger partial charge on any atom is 0.351 e. The van der Waals surface area contributed by atoms with Crippen molar-refractivity contribution >= 4 is 33.4 Å². The van der Waals surface area contributed by atoms with E-state index in [1.54, 1.807) is 6.92 Å². The van der Waals surface area contributed by atoms with Crippen LogP contribution in [-0.2, 0) is 10.0 Å². The fourth-order valence-electron chi connectivity index (χ4n) is 1.64. The molecule has 6 nitrogen and oxygen atoms in total. The van der Waals surface area contributed by atoms with Crippen LogP contribution in [0.1, 0.15) is 13.3 Å². The van der Waals surface area contributed by atoms with Crippen molar-refractivity contribution in [2.75, 3.05) is 6.54 Å². The van der Waals surface area contributed by atoms with Crippen molar-refractivity contribution in [1.29, 1.82) is 0 Å². The Morgan fingerprint density at radius 1 is 1.50 bits per heavy atom. The number of hydrogen-bond acceptors (Lipinski definition) is 4. The van der Waals surface area contributed by atoms with Gasteiger partial charge in [0.2, 0.25) is 0 Å². The van der Waals surface area contributed by atoms with Crippen LogP contribution >= 0.6 is 11.6 Å². The predicted octanol–water partition coefficient (Wildman–Crippen LogP) is 1.96. The van der Waals surface area contributed by atoms with Crippen molar-refractivity contribution in [3.63, 3.8) is 0 Å². The third kappa shape index (κ3) is 3.07. The molecule has 1 heterocycles. The van der Waals surface area contributed by atoms with Crippen LogP contribution < -0.4 is 4.72 Å². The zero-order valence-corrected chi connectivity index (χ0v) is 12.0. The summed E-state index contributed by atoms with van der Waals surface area (Å²) in [5.74, 6) is -0.667. The Morgan fingerprint density at radius 2 is 2.20 bits per heavy atom. The third-order valence-corrected chi connectivity index (χ3v) is 4.42. The van der Waals surface area contributed by atoms with E-state index in [1.165, 1.54) is 0 Å². The number of hydrazone groups is 1. The summed E-state index contributed by atoms with van der Waals surface area (Å²) >= 11 is 5.67. The van der Waals surface area contributed by atoms with Crippen LogP contribution in [0.5, 0.6) is 0 Å². The van der Waals surface area contributed by atoms with Gasteiger partial charge in [-0.3, -0.25) is 0 Å². The van der Waals surface area contributed by atoms with Gasteiger partial charge < -0.3 is 0 Å². The van der Waals surface area contributed by atoms with Crippen LogP contribution in [0.4, 0.5) is 9.18 Å². The van der Waals surface area contributed by atoms with Gasteiger partial charge in [0, 0.05) is 12.1 Å². The second kappa shape index (κ2) is 5.37. The number of urea groups is 1. The summed E-state index contributed by atoms with van der Waals surface area (Å²) in [5.41, 5.74) is 0.734. The first-order valence-corrected chi connectivity index (χ1v) is 7.49. The van der Waals surface area contributed by atoms with Crippen molar-refractivity contribution in [1.82, 2.24) is 9.73 Å². The van der Waals surface area contributed by atoms with E-state index in [4.69, 9.17) is 11.6 Å². The number of nitrogens with one attached hydrogen (secondary N) is 1. The van der Waals surface area contributed by atoms with Gasteiger partial charge in [0.25, 0.3) is 10.0 Å². The highest BCUT2D eigenvalue weighted by Crippen LogP contribution is 2.22. The van der Waals surface area contributed by atoms with Crippen LogP contribution in [-0.4, -0.2) is 31.7 Å². The van der Waals surface area contributed by atoms with Crippen LogP contribution in [0.15, 0.2) is 28.2 Å². The lowest BCUT2D eigenvalue weighted by Gasteiger charge is -2.13. The minimum Gasteiger partial charge on any atom is -0.246 e. The van der Waals surface area contributed by atoms with Gasteiger partial charge in [0.05, 0.1) is 11.6 Å². The molecule has 9 heteroatoms. The van der Waals surface area contributed by atoms with Gasteiger partial charge in [-0.1, -0.05) is 11.6 Å². The molecule has 0 radical (unpaired) electrons. The van der Waals surface area contributed by atoms with Gasteiger partial charge in [-0.25, -0.2) is 27.3 Å². The lowest BCUT2D eigenvalue weighted by Crippen LogP contribution is -2.39. The van der Waals surface area contributed by atoms with E-state index in [1.807, 2.05) is 4.72 Å². The number of carbonyl (C=O) groups is 1. The van der Waals surface area contributed by atoms with E-state index in [0.29, 0.717) is 13.0 Å².